The molecule has 0 aromatic heterocycles. The number of benzene rings is 2. The van der Waals surface area contributed by atoms with Gasteiger partial charge in [0.2, 0.25) is 0 Å². The Morgan fingerprint density at radius 3 is 2.43 bits per heavy atom. The number of ether oxygens (including phenoxy) is 1. The van der Waals surface area contributed by atoms with E-state index >= 15 is 0 Å². The van der Waals surface area contributed by atoms with Crippen molar-refractivity contribution in [1.82, 2.24) is 0 Å². The number of nitrogens with zero attached hydrogens (tertiary/aromatic N) is 2. The van der Waals surface area contributed by atoms with Crippen LogP contribution >= 0.6 is 11.6 Å². The number of alkyl halides is 2. The van der Waals surface area contributed by atoms with Gasteiger partial charge in [0.15, 0.2) is 6.54 Å². The molecule has 0 aliphatic carbocycles. The topological polar surface area (TPSA) is 35.7 Å². The highest BCUT2D eigenvalue weighted by Gasteiger charge is 2.54. The van der Waals surface area contributed by atoms with Gasteiger partial charge in [0.05, 0.1) is 6.54 Å². The molecule has 0 fully saturated rings. The van der Waals surface area contributed by atoms with E-state index in [1.807, 2.05) is 17.0 Å². The lowest BCUT2D eigenvalue weighted by Crippen LogP contribution is -2.47. The minimum Gasteiger partial charge on any atom is -0.435 e. The van der Waals surface area contributed by atoms with E-state index < -0.39 is 12.3 Å². The van der Waals surface area contributed by atoms with Crippen LogP contribution < -0.4 is 9.64 Å². The van der Waals surface area contributed by atoms with Gasteiger partial charge in [-0.15, -0.1) is 0 Å². The van der Waals surface area contributed by atoms with Gasteiger partial charge < -0.3 is 9.84 Å². The van der Waals surface area contributed by atoms with Crippen LogP contribution in [0.25, 0.3) is 0 Å². The second-order valence-corrected chi connectivity index (χ2v) is 7.62. The average Bonchev–Trinajstić information content (AvgIpc) is 2.79. The van der Waals surface area contributed by atoms with Crippen molar-refractivity contribution < 1.29 is 23.2 Å². The lowest BCUT2D eigenvalue weighted by molar-refractivity contribution is -0.534. The van der Waals surface area contributed by atoms with Crippen molar-refractivity contribution in [2.75, 3.05) is 18.0 Å². The Hall–Kier alpha value is -2.18. The monoisotopic (exact) mass is 407 g/mol. The Morgan fingerprint density at radius 1 is 1.04 bits per heavy atom. The van der Waals surface area contributed by atoms with Crippen molar-refractivity contribution in [2.45, 2.75) is 38.0 Å². The third-order valence-electron chi connectivity index (χ3n) is 5.36. The molecule has 2 aliphatic rings. The second-order valence-electron chi connectivity index (χ2n) is 7.18. The SMILES string of the molecule is O[C@@]1(c2ccc(OC(F)F)cc2)C[N+]2=C(CCCCC2)N1c1ccc(Cl)cc1. The molecule has 2 aliphatic heterocycles. The summed E-state index contributed by atoms with van der Waals surface area (Å²) in [5.41, 5.74) is 0.174. The molecule has 2 aromatic rings. The molecule has 0 saturated carbocycles. The van der Waals surface area contributed by atoms with Gasteiger partial charge in [-0.3, -0.25) is 4.58 Å². The largest absolute Gasteiger partial charge is 0.435 e. The number of amidine groups is 1. The summed E-state index contributed by atoms with van der Waals surface area (Å²) in [6.45, 7) is -1.58. The van der Waals surface area contributed by atoms with E-state index in [4.69, 9.17) is 11.6 Å². The maximum Gasteiger partial charge on any atom is 0.387 e. The van der Waals surface area contributed by atoms with E-state index in [-0.39, 0.29) is 5.75 Å². The van der Waals surface area contributed by atoms with E-state index in [9.17, 15) is 13.9 Å². The molecular weight excluding hydrogens is 386 g/mol. The zero-order valence-corrected chi connectivity index (χ0v) is 16.1. The molecule has 4 nitrogen and oxygen atoms in total. The van der Waals surface area contributed by atoms with Gasteiger partial charge >= 0.3 is 6.61 Å². The van der Waals surface area contributed by atoms with Crippen LogP contribution in [0.4, 0.5) is 14.5 Å². The van der Waals surface area contributed by atoms with Crippen molar-refractivity contribution in [2.24, 2.45) is 0 Å². The van der Waals surface area contributed by atoms with E-state index in [2.05, 4.69) is 9.31 Å². The molecular formula is C21H22ClF2N2O2+. The number of hydrogen-bond donors (Lipinski definition) is 1. The molecule has 1 atom stereocenters. The normalized spacial score (nSPS) is 22.4. The lowest BCUT2D eigenvalue weighted by Gasteiger charge is -2.29. The third kappa shape index (κ3) is 3.59. The van der Waals surface area contributed by atoms with Crippen LogP contribution in [-0.4, -0.2) is 35.2 Å². The zero-order chi connectivity index (χ0) is 19.7. The van der Waals surface area contributed by atoms with Crippen molar-refractivity contribution in [3.8, 4) is 5.75 Å². The highest BCUT2D eigenvalue weighted by molar-refractivity contribution is 6.30. The van der Waals surface area contributed by atoms with Crippen LogP contribution in [0, 0.1) is 0 Å². The molecule has 0 spiro atoms. The Kier molecular flexibility index (Phi) is 5.25. The highest BCUT2D eigenvalue weighted by Crippen LogP contribution is 2.38. The Balaban J connectivity index is 1.74. The van der Waals surface area contributed by atoms with Gasteiger partial charge in [-0.05, 0) is 67.8 Å². The first-order valence-electron chi connectivity index (χ1n) is 9.42. The molecule has 2 aromatic carbocycles. The molecule has 7 heteroatoms. The predicted octanol–water partition coefficient (Wildman–Crippen LogP) is 4.59. The average molecular weight is 408 g/mol. The van der Waals surface area contributed by atoms with Crippen molar-refractivity contribution in [3.63, 3.8) is 0 Å². The quantitative estimate of drug-likeness (QED) is 0.753. The van der Waals surface area contributed by atoms with Crippen molar-refractivity contribution >= 4 is 23.1 Å². The van der Waals surface area contributed by atoms with Gasteiger partial charge in [-0.1, -0.05) is 11.6 Å². The Labute approximate surface area is 167 Å². The molecule has 0 unspecified atom stereocenters. The van der Waals surface area contributed by atoms with Gasteiger partial charge in [-0.2, -0.15) is 13.7 Å². The van der Waals surface area contributed by atoms with Crippen LogP contribution in [0.15, 0.2) is 48.5 Å². The number of anilines is 1. The van der Waals surface area contributed by atoms with E-state index in [1.165, 1.54) is 12.1 Å². The van der Waals surface area contributed by atoms with Crippen LogP contribution in [-0.2, 0) is 5.72 Å². The van der Waals surface area contributed by atoms with Gasteiger partial charge in [0, 0.05) is 17.0 Å². The van der Waals surface area contributed by atoms with E-state index in [0.29, 0.717) is 17.1 Å². The third-order valence-corrected chi connectivity index (χ3v) is 5.61. The summed E-state index contributed by atoms with van der Waals surface area (Å²) in [5, 5.41) is 12.4. The fourth-order valence-electron chi connectivity index (χ4n) is 4.10. The fourth-order valence-corrected chi connectivity index (χ4v) is 4.23. The summed E-state index contributed by atoms with van der Waals surface area (Å²) in [7, 11) is 0. The van der Waals surface area contributed by atoms with Crippen molar-refractivity contribution in [3.05, 3.63) is 59.1 Å². The van der Waals surface area contributed by atoms with Gasteiger partial charge in [-0.25, -0.2) is 0 Å². The molecule has 0 bridgehead atoms. The smallest absolute Gasteiger partial charge is 0.387 e. The summed E-state index contributed by atoms with van der Waals surface area (Å²) in [4.78, 5) is 1.96. The molecule has 4 rings (SSSR count). The molecule has 28 heavy (non-hydrogen) atoms. The lowest BCUT2D eigenvalue weighted by atomic mass is 9.99. The number of hydrogen-bond acceptors (Lipinski definition) is 3. The zero-order valence-electron chi connectivity index (χ0n) is 15.3. The first kappa shape index (κ1) is 19.2. The molecule has 0 radical (unpaired) electrons. The summed E-state index contributed by atoms with van der Waals surface area (Å²) < 4.78 is 31.6. The Bertz CT molecular complexity index is 871. The molecule has 0 saturated heterocycles. The minimum atomic E-state index is -2.88. The maximum absolute atomic E-state index is 12.5. The first-order valence-corrected chi connectivity index (χ1v) is 9.79. The highest BCUT2D eigenvalue weighted by atomic mass is 35.5. The van der Waals surface area contributed by atoms with E-state index in [1.54, 1.807) is 24.3 Å². The minimum absolute atomic E-state index is 0.0700. The summed E-state index contributed by atoms with van der Waals surface area (Å²) in [6, 6.07) is 13.6. The first-order chi connectivity index (χ1) is 13.5. The van der Waals surface area contributed by atoms with Gasteiger partial charge in [0.1, 0.15) is 11.4 Å². The van der Waals surface area contributed by atoms with Gasteiger partial charge in [0.25, 0.3) is 11.6 Å². The van der Waals surface area contributed by atoms with E-state index in [0.717, 1.165) is 43.8 Å². The number of aliphatic hydroxyl groups is 1. The number of halogens is 3. The summed E-state index contributed by atoms with van der Waals surface area (Å²) in [6.07, 6.45) is 4.17. The van der Waals surface area contributed by atoms with Crippen LogP contribution in [0.1, 0.15) is 31.2 Å². The number of rotatable bonds is 4. The molecule has 0 amide bonds. The Morgan fingerprint density at radius 2 is 1.75 bits per heavy atom. The van der Waals surface area contributed by atoms with Crippen molar-refractivity contribution in [1.29, 1.82) is 0 Å². The standard InChI is InChI=1S/C21H22ClF2N2O2/c22-16-7-9-17(10-8-16)26-19-4-2-1-3-13-25(19)14-21(26,27)15-5-11-18(12-6-15)28-20(23)24/h5-12,20,27H,1-4,13-14H2/q+1/t21-/m1/s1. The molecule has 2 heterocycles. The second kappa shape index (κ2) is 7.68. The van der Waals surface area contributed by atoms with Crippen LogP contribution in [0.3, 0.4) is 0 Å². The molecule has 1 N–H and O–H groups in total. The maximum atomic E-state index is 12.5. The predicted molar refractivity (Wildman–Crippen MR) is 104 cm³/mol. The van der Waals surface area contributed by atoms with Crippen LogP contribution in [0.2, 0.25) is 5.02 Å². The van der Waals surface area contributed by atoms with Crippen LogP contribution in [0.5, 0.6) is 5.75 Å². The summed E-state index contributed by atoms with van der Waals surface area (Å²) in [5.74, 6) is 1.15. The molecule has 148 valence electrons. The fraction of sp³-hybridized carbons (Fsp3) is 0.381. The summed E-state index contributed by atoms with van der Waals surface area (Å²) >= 11 is 6.06.